The van der Waals surface area contributed by atoms with Crippen LogP contribution in [0, 0.1) is 23.2 Å². The number of rotatable bonds is 4. The van der Waals surface area contributed by atoms with Crippen LogP contribution in [0.3, 0.4) is 0 Å². The molecule has 1 aromatic heterocycles. The lowest BCUT2D eigenvalue weighted by molar-refractivity contribution is 0.0607. The molecule has 5 heteroatoms. The molecule has 0 unspecified atom stereocenters. The highest BCUT2D eigenvalue weighted by molar-refractivity contribution is 7.15. The van der Waals surface area contributed by atoms with Gasteiger partial charge in [0.25, 0.3) is 0 Å². The van der Waals surface area contributed by atoms with Crippen molar-refractivity contribution in [3.05, 3.63) is 15.8 Å². The Bertz CT molecular complexity index is 626. The quantitative estimate of drug-likeness (QED) is 0.480. The Morgan fingerprint density at radius 3 is 2.54 bits per heavy atom. The number of anilines is 1. The summed E-state index contributed by atoms with van der Waals surface area (Å²) in [6.45, 7) is 8.51. The van der Waals surface area contributed by atoms with Gasteiger partial charge in [-0.15, -0.1) is 11.3 Å². The van der Waals surface area contributed by atoms with E-state index in [-0.39, 0.29) is 11.4 Å². The van der Waals surface area contributed by atoms with Crippen LogP contribution < -0.4 is 10.9 Å². The lowest BCUT2D eigenvalue weighted by atomic mass is 9.88. The SMILES string of the molecule is COC(=O)c1sc(C#CC(C)(C)C)cc1NNC1CCC(C)CC1. The summed E-state index contributed by atoms with van der Waals surface area (Å²) < 4.78 is 4.90. The minimum Gasteiger partial charge on any atom is -0.465 e. The van der Waals surface area contributed by atoms with Crippen LogP contribution in [0.5, 0.6) is 0 Å². The smallest absolute Gasteiger partial charge is 0.350 e. The maximum absolute atomic E-state index is 12.0. The first kappa shape index (κ1) is 18.8. The predicted molar refractivity (Wildman–Crippen MR) is 100 cm³/mol. The van der Waals surface area contributed by atoms with Crippen molar-refractivity contribution in [3.8, 4) is 11.8 Å². The van der Waals surface area contributed by atoms with Crippen LogP contribution >= 0.6 is 11.3 Å². The second kappa shape index (κ2) is 8.04. The molecule has 1 heterocycles. The second-order valence-electron chi connectivity index (χ2n) is 7.57. The van der Waals surface area contributed by atoms with Crippen molar-refractivity contribution in [2.24, 2.45) is 11.3 Å². The zero-order valence-corrected chi connectivity index (χ0v) is 16.1. The Hall–Kier alpha value is -1.51. The van der Waals surface area contributed by atoms with Gasteiger partial charge in [-0.05, 0) is 58.4 Å². The Morgan fingerprint density at radius 2 is 1.96 bits per heavy atom. The van der Waals surface area contributed by atoms with Gasteiger partial charge in [-0.2, -0.15) is 0 Å². The van der Waals surface area contributed by atoms with E-state index in [0.29, 0.717) is 10.9 Å². The van der Waals surface area contributed by atoms with Gasteiger partial charge in [-0.1, -0.05) is 18.8 Å². The fourth-order valence-electron chi connectivity index (χ4n) is 2.62. The van der Waals surface area contributed by atoms with Crippen molar-refractivity contribution in [1.82, 2.24) is 5.43 Å². The van der Waals surface area contributed by atoms with Crippen LogP contribution in [0.15, 0.2) is 6.07 Å². The molecule has 0 aromatic carbocycles. The molecule has 1 fully saturated rings. The third-order valence-electron chi connectivity index (χ3n) is 4.09. The normalized spacial score (nSPS) is 20.9. The van der Waals surface area contributed by atoms with Crippen molar-refractivity contribution in [2.75, 3.05) is 12.5 Å². The number of hydrogen-bond acceptors (Lipinski definition) is 5. The van der Waals surface area contributed by atoms with E-state index in [9.17, 15) is 4.79 Å². The van der Waals surface area contributed by atoms with Gasteiger partial charge >= 0.3 is 5.97 Å². The first-order chi connectivity index (χ1) is 11.3. The van der Waals surface area contributed by atoms with Gasteiger partial charge in [0.05, 0.1) is 17.7 Å². The third kappa shape index (κ3) is 5.54. The third-order valence-corrected chi connectivity index (χ3v) is 5.12. The van der Waals surface area contributed by atoms with Crippen LogP contribution in [0.2, 0.25) is 0 Å². The molecule has 0 atom stereocenters. The zero-order valence-electron chi connectivity index (χ0n) is 15.3. The van der Waals surface area contributed by atoms with Crippen LogP contribution in [0.4, 0.5) is 5.69 Å². The van der Waals surface area contributed by atoms with E-state index in [1.54, 1.807) is 0 Å². The van der Waals surface area contributed by atoms with E-state index in [2.05, 4.69) is 50.4 Å². The topological polar surface area (TPSA) is 50.4 Å². The fourth-order valence-corrected chi connectivity index (χ4v) is 3.51. The van der Waals surface area contributed by atoms with E-state index in [1.165, 1.54) is 31.3 Å². The molecule has 0 saturated heterocycles. The molecule has 1 aliphatic carbocycles. The van der Waals surface area contributed by atoms with Crippen LogP contribution in [-0.4, -0.2) is 19.1 Å². The van der Waals surface area contributed by atoms with Crippen molar-refractivity contribution >= 4 is 23.0 Å². The maximum Gasteiger partial charge on any atom is 0.350 e. The molecule has 0 aliphatic heterocycles. The molecule has 132 valence electrons. The highest BCUT2D eigenvalue weighted by Crippen LogP contribution is 2.28. The zero-order chi connectivity index (χ0) is 17.7. The molecular weight excluding hydrogens is 320 g/mol. The predicted octanol–water partition coefficient (Wildman–Crippen LogP) is 4.43. The van der Waals surface area contributed by atoms with Gasteiger partial charge in [0.1, 0.15) is 4.88 Å². The van der Waals surface area contributed by atoms with Crippen molar-refractivity contribution in [2.45, 2.75) is 59.4 Å². The number of methoxy groups -OCH3 is 1. The van der Waals surface area contributed by atoms with Crippen molar-refractivity contribution in [1.29, 1.82) is 0 Å². The first-order valence-corrected chi connectivity index (χ1v) is 9.37. The van der Waals surface area contributed by atoms with Gasteiger partial charge in [-0.3, -0.25) is 0 Å². The van der Waals surface area contributed by atoms with Gasteiger partial charge < -0.3 is 10.2 Å². The van der Waals surface area contributed by atoms with Crippen LogP contribution in [0.25, 0.3) is 0 Å². The van der Waals surface area contributed by atoms with Crippen LogP contribution in [-0.2, 0) is 4.74 Å². The summed E-state index contributed by atoms with van der Waals surface area (Å²) in [5.74, 6) is 6.85. The number of thiophene rings is 1. The summed E-state index contributed by atoms with van der Waals surface area (Å²) in [6.07, 6.45) is 4.80. The van der Waals surface area contributed by atoms with E-state index >= 15 is 0 Å². The lowest BCUT2D eigenvalue weighted by Crippen LogP contribution is -2.37. The standard InChI is InChI=1S/C19H28N2O2S/c1-13-6-8-14(9-7-13)20-21-16-12-15(10-11-19(2,3)4)24-17(16)18(22)23-5/h12-14,20-21H,6-9H2,1-5H3. The number of carbonyl (C=O) groups excluding carboxylic acids is 1. The van der Waals surface area contributed by atoms with E-state index < -0.39 is 0 Å². The highest BCUT2D eigenvalue weighted by Gasteiger charge is 2.20. The molecule has 2 rings (SSSR count). The molecule has 0 amide bonds. The first-order valence-electron chi connectivity index (χ1n) is 8.55. The van der Waals surface area contributed by atoms with Crippen LogP contribution in [0.1, 0.15) is 67.9 Å². The Labute approximate surface area is 149 Å². The molecular formula is C19H28N2O2S. The molecule has 0 bridgehead atoms. The number of esters is 1. The van der Waals surface area contributed by atoms with Crippen molar-refractivity contribution < 1.29 is 9.53 Å². The summed E-state index contributed by atoms with van der Waals surface area (Å²) >= 11 is 1.37. The summed E-state index contributed by atoms with van der Waals surface area (Å²) in [4.78, 5) is 13.4. The van der Waals surface area contributed by atoms with Gasteiger partial charge in [0, 0.05) is 11.5 Å². The molecule has 4 nitrogen and oxygen atoms in total. The average Bonchev–Trinajstić information content (AvgIpc) is 2.94. The molecule has 24 heavy (non-hydrogen) atoms. The Balaban J connectivity index is 2.10. The molecule has 1 aromatic rings. The number of hydrogen-bond donors (Lipinski definition) is 2. The lowest BCUT2D eigenvalue weighted by Gasteiger charge is -2.27. The molecule has 0 radical (unpaired) electrons. The maximum atomic E-state index is 12.0. The van der Waals surface area contributed by atoms with Gasteiger partial charge in [0.2, 0.25) is 0 Å². The summed E-state index contributed by atoms with van der Waals surface area (Å²) in [7, 11) is 1.41. The number of hydrazine groups is 1. The summed E-state index contributed by atoms with van der Waals surface area (Å²) in [5, 5.41) is 0. The van der Waals surface area contributed by atoms with Gasteiger partial charge in [-0.25, -0.2) is 10.2 Å². The minimum atomic E-state index is -0.328. The Morgan fingerprint density at radius 1 is 1.29 bits per heavy atom. The minimum absolute atomic E-state index is 0.0694. The highest BCUT2D eigenvalue weighted by atomic mass is 32.1. The molecule has 1 aliphatic rings. The number of carbonyl (C=O) groups is 1. The number of ether oxygens (including phenoxy) is 1. The molecule has 0 spiro atoms. The summed E-state index contributed by atoms with van der Waals surface area (Å²) in [6, 6.07) is 2.37. The molecule has 2 N–H and O–H groups in total. The van der Waals surface area contributed by atoms with Gasteiger partial charge in [0.15, 0.2) is 0 Å². The largest absolute Gasteiger partial charge is 0.465 e. The molecule has 1 saturated carbocycles. The van der Waals surface area contributed by atoms with E-state index in [4.69, 9.17) is 4.74 Å². The summed E-state index contributed by atoms with van der Waals surface area (Å²) in [5.41, 5.74) is 7.27. The average molecular weight is 349 g/mol. The van der Waals surface area contributed by atoms with E-state index in [0.717, 1.165) is 29.3 Å². The second-order valence-corrected chi connectivity index (χ2v) is 8.62. The monoisotopic (exact) mass is 348 g/mol. The fraction of sp³-hybridized carbons (Fsp3) is 0.632. The van der Waals surface area contributed by atoms with E-state index in [1.807, 2.05) is 6.07 Å². The number of nitrogens with one attached hydrogen (secondary N) is 2. The van der Waals surface area contributed by atoms with Crippen molar-refractivity contribution in [3.63, 3.8) is 0 Å². The Kier molecular flexibility index (Phi) is 6.31.